The molecule has 0 aliphatic heterocycles. The Balaban J connectivity index is 0.000000177. The number of hydrogen-bond donors (Lipinski definition) is 0. The standard InChI is InChI=1S/C28H25NO.C19H27NSi.C16H19N.Ir/c1-3-19(4-2)21-16-17-29-25(18-21)23-13-8-14-24-27-22(20-10-6-5-7-11-20)12-9-15-26(27)30-28(23)24;1-19(2,3)13-16-12-17(15-10-8-7-9-11-15)20-14-18(16)21(4,5)6;1-16(2,3)12-13-9-10-17-15(11-13)14-7-5-4-6-8-14;/h5-19H,3-4H2,1-2H3;7-12,14H,13H2,1-6H3;4-11H,12H2,1-3H3;. The molecule has 0 atom stereocenters. The maximum Gasteiger partial charge on any atom is 0.144 e. The number of rotatable bonds is 10. The zero-order valence-corrected chi connectivity index (χ0v) is 46.1. The van der Waals surface area contributed by atoms with Crippen LogP contribution in [0.1, 0.15) is 90.8 Å². The summed E-state index contributed by atoms with van der Waals surface area (Å²) in [4.78, 5) is 13.9. The van der Waals surface area contributed by atoms with Crippen LogP contribution in [0.4, 0.5) is 0 Å². The van der Waals surface area contributed by atoms with Gasteiger partial charge in [0.1, 0.15) is 11.2 Å². The Hall–Kier alpha value is -5.78. The monoisotopic (exact) mass is 1110 g/mol. The van der Waals surface area contributed by atoms with E-state index in [9.17, 15) is 0 Å². The Morgan fingerprint density at radius 2 is 1.06 bits per heavy atom. The van der Waals surface area contributed by atoms with E-state index in [4.69, 9.17) is 14.4 Å². The van der Waals surface area contributed by atoms with Gasteiger partial charge in [-0.25, -0.2) is 0 Å². The summed E-state index contributed by atoms with van der Waals surface area (Å²) in [6.07, 6.45) is 10.4. The molecule has 0 N–H and O–H groups in total. The van der Waals surface area contributed by atoms with Gasteiger partial charge in [0.15, 0.2) is 0 Å². The van der Waals surface area contributed by atoms with Crippen LogP contribution in [0.3, 0.4) is 0 Å². The maximum absolute atomic E-state index is 6.41. The van der Waals surface area contributed by atoms with E-state index in [2.05, 4.69) is 220 Å². The first-order valence-corrected chi connectivity index (χ1v) is 28.0. The number of nitrogens with zero attached hydrogens (tertiary/aromatic N) is 3. The van der Waals surface area contributed by atoms with Gasteiger partial charge in [-0.2, -0.15) is 0 Å². The molecule has 4 nitrogen and oxygen atoms in total. The van der Waals surface area contributed by atoms with E-state index < -0.39 is 8.07 Å². The quantitative estimate of drug-likeness (QED) is 0.128. The van der Waals surface area contributed by atoms with Crippen molar-refractivity contribution in [1.29, 1.82) is 0 Å². The SMILES string of the molecule is CC(C)(C)Cc1cc(-c2ccccc2)ncc1[Si](C)(C)C.CC(C)(C)Cc1ccnc(-c2ccccc2)c1.CCC(CC)c1ccnc(-c2cccc3c2oc2cccc(-c4ccccc4)c23)c1.[Ir]. The molecule has 357 valence electrons. The Kier molecular flexibility index (Phi) is 17.7. The van der Waals surface area contributed by atoms with E-state index in [1.54, 1.807) is 0 Å². The van der Waals surface area contributed by atoms with Crippen LogP contribution in [0, 0.1) is 10.8 Å². The molecule has 4 aromatic heterocycles. The van der Waals surface area contributed by atoms with Crippen molar-refractivity contribution in [3.05, 3.63) is 193 Å². The largest absolute Gasteiger partial charge is 0.455 e. The second kappa shape index (κ2) is 23.2. The molecule has 0 amide bonds. The predicted octanol–water partition coefficient (Wildman–Crippen LogP) is 17.4. The van der Waals surface area contributed by atoms with Crippen LogP contribution in [0.25, 0.3) is 66.8 Å². The first-order valence-electron chi connectivity index (χ1n) is 24.5. The average molecular weight is 1110 g/mol. The molecule has 6 heteroatoms. The van der Waals surface area contributed by atoms with Gasteiger partial charge in [0.25, 0.3) is 0 Å². The van der Waals surface area contributed by atoms with Gasteiger partial charge in [0, 0.05) is 66.2 Å². The van der Waals surface area contributed by atoms with E-state index in [0.29, 0.717) is 16.7 Å². The molecule has 9 rings (SSSR count). The molecular weight excluding hydrogens is 1040 g/mol. The number of benzene rings is 5. The molecule has 0 aliphatic rings. The molecule has 9 aromatic rings. The fourth-order valence-electron chi connectivity index (χ4n) is 9.14. The van der Waals surface area contributed by atoms with Gasteiger partial charge < -0.3 is 4.42 Å². The van der Waals surface area contributed by atoms with Crippen LogP contribution in [0.5, 0.6) is 0 Å². The first kappa shape index (κ1) is 52.6. The number of hydrogen-bond acceptors (Lipinski definition) is 4. The third-order valence-corrected chi connectivity index (χ3v) is 14.4. The molecule has 0 unspecified atom stereocenters. The van der Waals surface area contributed by atoms with Crippen LogP contribution >= 0.6 is 0 Å². The van der Waals surface area contributed by atoms with Gasteiger partial charge in [-0.3, -0.25) is 15.0 Å². The topological polar surface area (TPSA) is 51.8 Å². The van der Waals surface area contributed by atoms with Crippen molar-refractivity contribution in [3.8, 4) is 44.9 Å². The van der Waals surface area contributed by atoms with Crippen LogP contribution in [-0.2, 0) is 32.9 Å². The summed E-state index contributed by atoms with van der Waals surface area (Å²) < 4.78 is 6.41. The molecule has 0 bridgehead atoms. The van der Waals surface area contributed by atoms with Crippen LogP contribution in [0.15, 0.2) is 181 Å². The summed E-state index contributed by atoms with van der Waals surface area (Å²) in [6.45, 7) is 25.4. The molecule has 0 saturated carbocycles. The van der Waals surface area contributed by atoms with Gasteiger partial charge in [-0.1, -0.05) is 190 Å². The van der Waals surface area contributed by atoms with Gasteiger partial charge >= 0.3 is 0 Å². The van der Waals surface area contributed by atoms with Crippen molar-refractivity contribution < 1.29 is 24.5 Å². The van der Waals surface area contributed by atoms with Crippen molar-refractivity contribution in [2.75, 3.05) is 0 Å². The summed E-state index contributed by atoms with van der Waals surface area (Å²) >= 11 is 0. The Bertz CT molecular complexity index is 3030. The fraction of sp³-hybridized carbons (Fsp3) is 0.286. The molecule has 0 aliphatic carbocycles. The van der Waals surface area contributed by atoms with E-state index in [1.807, 2.05) is 36.7 Å². The minimum atomic E-state index is -1.36. The third kappa shape index (κ3) is 13.9. The molecule has 0 fully saturated rings. The van der Waals surface area contributed by atoms with Crippen molar-refractivity contribution in [2.45, 2.75) is 107 Å². The number of para-hydroxylation sites is 1. The average Bonchev–Trinajstić information content (AvgIpc) is 3.71. The molecule has 0 spiro atoms. The maximum atomic E-state index is 6.41. The second-order valence-corrected chi connectivity index (χ2v) is 26.6. The van der Waals surface area contributed by atoms with Crippen molar-refractivity contribution >= 4 is 35.2 Å². The van der Waals surface area contributed by atoms with Crippen molar-refractivity contribution in [1.82, 2.24) is 15.0 Å². The van der Waals surface area contributed by atoms with Crippen LogP contribution < -0.4 is 5.19 Å². The smallest absolute Gasteiger partial charge is 0.144 e. The Labute approximate surface area is 427 Å². The van der Waals surface area contributed by atoms with Crippen molar-refractivity contribution in [2.24, 2.45) is 10.8 Å². The number of furan rings is 1. The summed E-state index contributed by atoms with van der Waals surface area (Å²) in [5.41, 5.74) is 15.6. The summed E-state index contributed by atoms with van der Waals surface area (Å²) in [5.74, 6) is 0.561. The van der Waals surface area contributed by atoms with E-state index in [1.165, 1.54) is 44.1 Å². The van der Waals surface area contributed by atoms with Gasteiger partial charge in [-0.05, 0) is 118 Å². The molecule has 4 heterocycles. The first-order chi connectivity index (χ1) is 32.5. The van der Waals surface area contributed by atoms with Crippen LogP contribution in [0.2, 0.25) is 19.6 Å². The van der Waals surface area contributed by atoms with Gasteiger partial charge in [0.05, 0.1) is 25.2 Å². The second-order valence-electron chi connectivity index (χ2n) is 21.5. The van der Waals surface area contributed by atoms with E-state index >= 15 is 0 Å². The van der Waals surface area contributed by atoms with Gasteiger partial charge in [-0.15, -0.1) is 0 Å². The normalized spacial score (nSPS) is 11.7. The molecular formula is C63H71IrN3OSi. The molecule has 5 aromatic carbocycles. The zero-order chi connectivity index (χ0) is 48.5. The molecule has 69 heavy (non-hydrogen) atoms. The van der Waals surface area contributed by atoms with E-state index in [0.717, 1.165) is 70.3 Å². The van der Waals surface area contributed by atoms with Crippen molar-refractivity contribution in [3.63, 3.8) is 0 Å². The summed E-state index contributed by atoms with van der Waals surface area (Å²) in [6, 6.07) is 55.0. The number of fused-ring (bicyclic) bond motifs is 3. The minimum Gasteiger partial charge on any atom is -0.455 e. The number of aromatic nitrogens is 3. The zero-order valence-electron chi connectivity index (χ0n) is 42.7. The Morgan fingerprint density at radius 3 is 1.64 bits per heavy atom. The summed E-state index contributed by atoms with van der Waals surface area (Å²) in [5, 5.41) is 3.80. The Morgan fingerprint density at radius 1 is 0.522 bits per heavy atom. The fourth-order valence-corrected chi connectivity index (χ4v) is 10.7. The van der Waals surface area contributed by atoms with Crippen LogP contribution in [-0.4, -0.2) is 23.0 Å². The molecule has 1 radical (unpaired) electrons. The predicted molar refractivity (Wildman–Crippen MR) is 294 cm³/mol. The minimum absolute atomic E-state index is 0. The van der Waals surface area contributed by atoms with E-state index in [-0.39, 0.29) is 20.1 Å². The number of pyridine rings is 3. The van der Waals surface area contributed by atoms with Gasteiger partial charge in [0.2, 0.25) is 0 Å². The molecule has 0 saturated heterocycles. The third-order valence-electron chi connectivity index (χ3n) is 12.3. The summed E-state index contributed by atoms with van der Waals surface area (Å²) in [7, 11) is -1.36.